The predicted octanol–water partition coefficient (Wildman–Crippen LogP) is 5.52. The molecule has 6 nitrogen and oxygen atoms in total. The number of carbonyl (C=O) groups is 2. The van der Waals surface area contributed by atoms with Gasteiger partial charge in [0, 0.05) is 11.6 Å². The molecule has 0 bridgehead atoms. The number of benzene rings is 2. The van der Waals surface area contributed by atoms with Gasteiger partial charge in [0.1, 0.15) is 17.6 Å². The standard InChI is InChI=1S/C25H22F3NO5/c1-24(2)19(11-12-21(30)32-15-25(26,27)28)22(24)23(31)34-20(14-29)16-7-6-10-18(13-16)33-17-8-4-3-5-9-17/h3-13,19-20,22H,15H2,1-2H3/b12-11-/t19?,20-,22?/m1/s1. The molecule has 0 aromatic heterocycles. The van der Waals surface area contributed by atoms with Gasteiger partial charge in [-0.1, -0.05) is 50.3 Å². The summed E-state index contributed by atoms with van der Waals surface area (Å²) in [5.74, 6) is -1.86. The van der Waals surface area contributed by atoms with Gasteiger partial charge in [-0.2, -0.15) is 18.4 Å². The number of halogens is 3. The summed E-state index contributed by atoms with van der Waals surface area (Å²) in [6.07, 6.45) is -3.60. The first-order valence-corrected chi connectivity index (χ1v) is 10.4. The lowest BCUT2D eigenvalue weighted by molar-refractivity contribution is -0.182. The van der Waals surface area contributed by atoms with Crippen LogP contribution in [-0.2, 0) is 19.1 Å². The lowest BCUT2D eigenvalue weighted by Crippen LogP contribution is -2.19. The van der Waals surface area contributed by atoms with Crippen LogP contribution in [0.1, 0.15) is 25.5 Å². The van der Waals surface area contributed by atoms with Crippen molar-refractivity contribution in [2.75, 3.05) is 6.61 Å². The van der Waals surface area contributed by atoms with Crippen molar-refractivity contribution in [1.82, 2.24) is 0 Å². The molecule has 0 radical (unpaired) electrons. The fourth-order valence-electron chi connectivity index (χ4n) is 3.59. The Bertz CT molecular complexity index is 1110. The van der Waals surface area contributed by atoms with Crippen LogP contribution in [0, 0.1) is 28.6 Å². The molecule has 2 unspecified atom stereocenters. The largest absolute Gasteiger partial charge is 0.457 e. The van der Waals surface area contributed by atoms with Crippen LogP contribution in [0.4, 0.5) is 13.2 Å². The van der Waals surface area contributed by atoms with Crippen molar-refractivity contribution in [3.63, 3.8) is 0 Å². The minimum atomic E-state index is -4.62. The van der Waals surface area contributed by atoms with Crippen molar-refractivity contribution in [2.45, 2.75) is 26.1 Å². The average molecular weight is 473 g/mol. The minimum Gasteiger partial charge on any atom is -0.457 e. The molecule has 1 aliphatic carbocycles. The molecule has 0 amide bonds. The zero-order valence-corrected chi connectivity index (χ0v) is 18.4. The quantitative estimate of drug-likeness (QED) is 0.371. The van der Waals surface area contributed by atoms with Crippen molar-refractivity contribution in [2.24, 2.45) is 17.3 Å². The molecule has 1 aliphatic rings. The summed E-state index contributed by atoms with van der Waals surface area (Å²) in [5, 5.41) is 9.57. The van der Waals surface area contributed by atoms with E-state index >= 15 is 0 Å². The third-order valence-electron chi connectivity index (χ3n) is 5.47. The number of alkyl halides is 3. The number of esters is 2. The molecule has 2 aromatic rings. The third-order valence-corrected chi connectivity index (χ3v) is 5.47. The summed E-state index contributed by atoms with van der Waals surface area (Å²) in [7, 11) is 0. The summed E-state index contributed by atoms with van der Waals surface area (Å²) in [6.45, 7) is 1.82. The number of ether oxygens (including phenoxy) is 3. The van der Waals surface area contributed by atoms with E-state index in [1.807, 2.05) is 24.3 Å². The molecule has 3 atom stereocenters. The van der Waals surface area contributed by atoms with Crippen LogP contribution in [0.25, 0.3) is 0 Å². The van der Waals surface area contributed by atoms with E-state index in [4.69, 9.17) is 9.47 Å². The number of hydrogen-bond acceptors (Lipinski definition) is 6. The molecule has 9 heteroatoms. The Kier molecular flexibility index (Phi) is 7.30. The average Bonchev–Trinajstić information content (AvgIpc) is 3.35. The molecule has 178 valence electrons. The molecule has 34 heavy (non-hydrogen) atoms. The predicted molar refractivity (Wildman–Crippen MR) is 114 cm³/mol. The lowest BCUT2D eigenvalue weighted by Gasteiger charge is -2.13. The van der Waals surface area contributed by atoms with E-state index in [9.17, 15) is 28.0 Å². The van der Waals surface area contributed by atoms with E-state index in [-0.39, 0.29) is 0 Å². The van der Waals surface area contributed by atoms with Gasteiger partial charge < -0.3 is 14.2 Å². The highest BCUT2D eigenvalue weighted by Gasteiger charge is 2.61. The molecule has 0 spiro atoms. The van der Waals surface area contributed by atoms with Crippen LogP contribution in [0.15, 0.2) is 66.7 Å². The van der Waals surface area contributed by atoms with Crippen LogP contribution in [-0.4, -0.2) is 24.7 Å². The van der Waals surface area contributed by atoms with Crippen LogP contribution in [0.3, 0.4) is 0 Å². The van der Waals surface area contributed by atoms with Gasteiger partial charge in [0.25, 0.3) is 0 Å². The molecule has 0 N–H and O–H groups in total. The molecule has 2 aromatic carbocycles. The summed E-state index contributed by atoms with van der Waals surface area (Å²) < 4.78 is 51.7. The van der Waals surface area contributed by atoms with Gasteiger partial charge >= 0.3 is 18.1 Å². The van der Waals surface area contributed by atoms with Gasteiger partial charge in [0.15, 0.2) is 6.61 Å². The SMILES string of the molecule is CC1(C)C(/C=C\C(=O)OCC(F)(F)F)C1C(=O)O[C@H](C#N)c1cccc(Oc2ccccc2)c1. The minimum absolute atomic E-state index is 0.422. The Morgan fingerprint density at radius 2 is 1.79 bits per heavy atom. The number of para-hydroxylation sites is 1. The Balaban J connectivity index is 1.63. The Labute approximate surface area is 194 Å². The van der Waals surface area contributed by atoms with Gasteiger partial charge in [0.05, 0.1) is 5.92 Å². The highest BCUT2D eigenvalue weighted by Crippen LogP contribution is 2.59. The van der Waals surface area contributed by atoms with Crippen molar-refractivity contribution in [1.29, 1.82) is 5.26 Å². The number of allylic oxidation sites excluding steroid dienone is 1. The fraction of sp³-hybridized carbons (Fsp3) is 0.320. The van der Waals surface area contributed by atoms with Crippen molar-refractivity contribution < 1.29 is 37.0 Å². The van der Waals surface area contributed by atoms with Gasteiger partial charge in [-0.25, -0.2) is 4.79 Å². The maximum Gasteiger partial charge on any atom is 0.422 e. The number of nitrogens with zero attached hydrogens (tertiary/aromatic N) is 1. The van der Waals surface area contributed by atoms with Crippen LogP contribution < -0.4 is 4.74 Å². The number of carbonyl (C=O) groups excluding carboxylic acids is 2. The van der Waals surface area contributed by atoms with Gasteiger partial charge in [0.2, 0.25) is 6.10 Å². The summed E-state index contributed by atoms with van der Waals surface area (Å²) >= 11 is 0. The maximum atomic E-state index is 12.7. The van der Waals surface area contributed by atoms with Crippen LogP contribution in [0.5, 0.6) is 11.5 Å². The number of rotatable bonds is 8. The van der Waals surface area contributed by atoms with Crippen molar-refractivity contribution in [3.05, 3.63) is 72.3 Å². The van der Waals surface area contributed by atoms with Gasteiger partial charge in [-0.3, -0.25) is 4.79 Å². The molecule has 1 fully saturated rings. The van der Waals surface area contributed by atoms with Gasteiger partial charge in [-0.05, 0) is 35.6 Å². The van der Waals surface area contributed by atoms with E-state index in [0.717, 1.165) is 6.08 Å². The summed E-state index contributed by atoms with van der Waals surface area (Å²) in [6, 6.07) is 17.6. The van der Waals surface area contributed by atoms with E-state index in [1.165, 1.54) is 6.08 Å². The zero-order chi connectivity index (χ0) is 24.9. The third kappa shape index (κ3) is 6.38. The highest BCUT2D eigenvalue weighted by molar-refractivity contribution is 5.83. The summed E-state index contributed by atoms with van der Waals surface area (Å²) in [5.41, 5.74) is -0.179. The topological polar surface area (TPSA) is 85.6 Å². The molecular formula is C25H22F3NO5. The first kappa shape index (κ1) is 24.8. The maximum absolute atomic E-state index is 12.7. The Morgan fingerprint density at radius 1 is 1.12 bits per heavy atom. The molecule has 3 rings (SSSR count). The van der Waals surface area contributed by atoms with E-state index in [1.54, 1.807) is 50.2 Å². The monoisotopic (exact) mass is 473 g/mol. The highest BCUT2D eigenvalue weighted by atomic mass is 19.4. The zero-order valence-electron chi connectivity index (χ0n) is 18.4. The van der Waals surface area contributed by atoms with Crippen LogP contribution >= 0.6 is 0 Å². The molecule has 1 saturated carbocycles. The smallest absolute Gasteiger partial charge is 0.422 e. The second-order valence-corrected chi connectivity index (χ2v) is 8.34. The first-order valence-electron chi connectivity index (χ1n) is 10.4. The Morgan fingerprint density at radius 3 is 2.44 bits per heavy atom. The Hall–Kier alpha value is -3.80. The van der Waals surface area contributed by atoms with Gasteiger partial charge in [-0.15, -0.1) is 0 Å². The molecular weight excluding hydrogens is 451 g/mol. The number of hydrogen-bond donors (Lipinski definition) is 0. The first-order chi connectivity index (χ1) is 16.0. The van der Waals surface area contributed by atoms with Crippen molar-refractivity contribution in [3.8, 4) is 17.6 Å². The molecule has 0 heterocycles. The van der Waals surface area contributed by atoms with E-state index < -0.39 is 48.1 Å². The normalized spacial score (nSPS) is 19.6. The van der Waals surface area contributed by atoms with E-state index in [0.29, 0.717) is 17.1 Å². The van der Waals surface area contributed by atoms with Crippen LogP contribution in [0.2, 0.25) is 0 Å². The number of nitriles is 1. The fourth-order valence-corrected chi connectivity index (χ4v) is 3.59. The molecule has 0 saturated heterocycles. The summed E-state index contributed by atoms with van der Waals surface area (Å²) in [4.78, 5) is 24.2. The van der Waals surface area contributed by atoms with E-state index in [2.05, 4.69) is 4.74 Å². The second-order valence-electron chi connectivity index (χ2n) is 8.34. The molecule has 0 aliphatic heterocycles. The van der Waals surface area contributed by atoms with Crippen molar-refractivity contribution >= 4 is 11.9 Å². The second kappa shape index (κ2) is 10.00. The lowest BCUT2D eigenvalue weighted by atomic mass is 10.1.